The third-order valence-electron chi connectivity index (χ3n) is 5.21. The molecule has 1 atom stereocenters. The van der Waals surface area contributed by atoms with Gasteiger partial charge in [0.15, 0.2) is 5.82 Å². The zero-order valence-corrected chi connectivity index (χ0v) is 18.1. The average Bonchev–Trinajstić information content (AvgIpc) is 3.38. The van der Waals surface area contributed by atoms with Crippen LogP contribution in [0.5, 0.6) is 11.5 Å². The number of aryl methyl sites for hydroxylation is 1. The van der Waals surface area contributed by atoms with Crippen molar-refractivity contribution in [2.24, 2.45) is 0 Å². The molecule has 2 aromatic carbocycles. The van der Waals surface area contributed by atoms with Crippen molar-refractivity contribution in [3.8, 4) is 11.5 Å². The summed E-state index contributed by atoms with van der Waals surface area (Å²) in [6, 6.07) is 14.1. The quantitative estimate of drug-likeness (QED) is 0.251. The molecule has 8 heteroatoms. The summed E-state index contributed by atoms with van der Waals surface area (Å²) >= 11 is 0. The number of anilines is 1. The highest BCUT2D eigenvalue weighted by molar-refractivity contribution is 6.51. The highest BCUT2D eigenvalue weighted by Gasteiger charge is 2.48. The fraction of sp³-hybridized carbons (Fsp3) is 0.160. The van der Waals surface area contributed by atoms with Gasteiger partial charge in [-0.15, -0.1) is 0 Å². The van der Waals surface area contributed by atoms with Crippen LogP contribution >= 0.6 is 0 Å². The van der Waals surface area contributed by atoms with Gasteiger partial charge in [0.1, 0.15) is 29.6 Å². The molecule has 1 aromatic heterocycles. The lowest BCUT2D eigenvalue weighted by molar-refractivity contribution is -0.132. The molecular weight excluding hydrogens is 424 g/mol. The fourth-order valence-corrected chi connectivity index (χ4v) is 3.68. The number of benzene rings is 2. The number of methoxy groups -OCH3 is 1. The Kier molecular flexibility index (Phi) is 5.99. The summed E-state index contributed by atoms with van der Waals surface area (Å²) in [7, 11) is 1.52. The minimum atomic E-state index is -0.929. The summed E-state index contributed by atoms with van der Waals surface area (Å²) in [4.78, 5) is 27.4. The minimum absolute atomic E-state index is 0.0614. The number of amides is 1. The molecule has 1 saturated heterocycles. The summed E-state index contributed by atoms with van der Waals surface area (Å²) in [5, 5.41) is 15.1. The number of ether oxygens (including phenoxy) is 2. The Balaban J connectivity index is 1.86. The van der Waals surface area contributed by atoms with E-state index in [1.807, 2.05) is 0 Å². The standard InChI is InChI=1S/C25H22N2O6/c1-4-12-32-18-10-8-16(9-11-18)23(28)21-22(17-6-5-7-19(14-17)31-3)27(25(30)24(21)29)20-13-15(2)33-26-20/h4-11,13-14,22,28H,1,12H2,2-3H3/t22-/m0/s1. The van der Waals surface area contributed by atoms with Gasteiger partial charge in [-0.1, -0.05) is 29.9 Å². The van der Waals surface area contributed by atoms with Crippen LogP contribution in [-0.4, -0.2) is 35.7 Å². The van der Waals surface area contributed by atoms with E-state index in [4.69, 9.17) is 14.0 Å². The van der Waals surface area contributed by atoms with E-state index in [0.717, 1.165) is 0 Å². The van der Waals surface area contributed by atoms with Gasteiger partial charge in [0.25, 0.3) is 5.78 Å². The number of nitrogens with zero attached hydrogens (tertiary/aromatic N) is 2. The first kappa shape index (κ1) is 21.9. The Morgan fingerprint density at radius 2 is 1.94 bits per heavy atom. The summed E-state index contributed by atoms with van der Waals surface area (Å²) < 4.78 is 15.9. The van der Waals surface area contributed by atoms with E-state index in [1.54, 1.807) is 67.6 Å². The van der Waals surface area contributed by atoms with Crippen molar-refractivity contribution in [2.45, 2.75) is 13.0 Å². The first-order valence-corrected chi connectivity index (χ1v) is 10.2. The highest BCUT2D eigenvalue weighted by atomic mass is 16.5. The van der Waals surface area contributed by atoms with E-state index < -0.39 is 17.7 Å². The van der Waals surface area contributed by atoms with Gasteiger partial charge < -0.3 is 19.1 Å². The SMILES string of the molecule is C=CCOc1ccc(C(O)=C2C(=O)C(=O)N(c3cc(C)on3)[C@H]2c2cccc(OC)c2)cc1. The van der Waals surface area contributed by atoms with Crippen molar-refractivity contribution >= 4 is 23.3 Å². The zero-order chi connectivity index (χ0) is 23.5. The van der Waals surface area contributed by atoms with Crippen molar-refractivity contribution in [3.63, 3.8) is 0 Å². The summed E-state index contributed by atoms with van der Waals surface area (Å²) in [6.07, 6.45) is 1.62. The number of Topliss-reactive ketones (excluding diaryl/α,β-unsaturated/α-hetero) is 1. The normalized spacial score (nSPS) is 17.3. The summed E-state index contributed by atoms with van der Waals surface area (Å²) in [6.45, 7) is 5.63. The molecule has 2 heterocycles. The Morgan fingerprint density at radius 1 is 1.18 bits per heavy atom. The molecule has 0 unspecified atom stereocenters. The second-order valence-corrected chi connectivity index (χ2v) is 7.37. The number of rotatable bonds is 7. The second-order valence-electron chi connectivity index (χ2n) is 7.37. The number of ketones is 1. The molecule has 0 aliphatic carbocycles. The fourth-order valence-electron chi connectivity index (χ4n) is 3.68. The maximum Gasteiger partial charge on any atom is 0.301 e. The Labute approximate surface area is 190 Å². The predicted octanol–water partition coefficient (Wildman–Crippen LogP) is 4.18. The van der Waals surface area contributed by atoms with E-state index in [0.29, 0.717) is 35.0 Å². The molecule has 1 aliphatic heterocycles. The van der Waals surface area contributed by atoms with E-state index in [-0.39, 0.29) is 17.2 Å². The van der Waals surface area contributed by atoms with Crippen LogP contribution < -0.4 is 14.4 Å². The summed E-state index contributed by atoms with van der Waals surface area (Å²) in [5.74, 6) is -0.177. The van der Waals surface area contributed by atoms with E-state index in [2.05, 4.69) is 11.7 Å². The number of aromatic nitrogens is 1. The van der Waals surface area contributed by atoms with Crippen LogP contribution in [0.15, 0.2) is 77.3 Å². The lowest BCUT2D eigenvalue weighted by Crippen LogP contribution is -2.29. The number of hydrogen-bond acceptors (Lipinski definition) is 7. The largest absolute Gasteiger partial charge is 0.507 e. The monoisotopic (exact) mass is 446 g/mol. The van der Waals surface area contributed by atoms with Crippen LogP contribution in [0.2, 0.25) is 0 Å². The van der Waals surface area contributed by atoms with Crippen molar-refractivity contribution in [3.05, 3.63) is 89.7 Å². The Hall–Kier alpha value is -4.33. The Morgan fingerprint density at radius 3 is 2.58 bits per heavy atom. The van der Waals surface area contributed by atoms with Gasteiger partial charge in [-0.3, -0.25) is 14.5 Å². The van der Waals surface area contributed by atoms with E-state index >= 15 is 0 Å². The number of aliphatic hydroxyl groups is 1. The molecular formula is C25H22N2O6. The van der Waals surface area contributed by atoms with Crippen LogP contribution in [0, 0.1) is 6.92 Å². The topological polar surface area (TPSA) is 102 Å². The maximum absolute atomic E-state index is 13.1. The molecule has 0 bridgehead atoms. The number of aliphatic hydroxyl groups excluding tert-OH is 1. The molecule has 4 rings (SSSR count). The molecule has 1 fully saturated rings. The van der Waals surface area contributed by atoms with Crippen molar-refractivity contribution < 1.29 is 28.7 Å². The highest BCUT2D eigenvalue weighted by Crippen LogP contribution is 2.42. The number of carbonyl (C=O) groups is 2. The third-order valence-corrected chi connectivity index (χ3v) is 5.21. The first-order chi connectivity index (χ1) is 15.9. The van der Waals surface area contributed by atoms with Gasteiger partial charge in [0, 0.05) is 11.6 Å². The molecule has 1 amide bonds. The van der Waals surface area contributed by atoms with Crippen LogP contribution in [0.25, 0.3) is 5.76 Å². The van der Waals surface area contributed by atoms with Crippen molar-refractivity contribution in [1.29, 1.82) is 0 Å². The predicted molar refractivity (Wildman–Crippen MR) is 121 cm³/mol. The van der Waals surface area contributed by atoms with Gasteiger partial charge in [-0.05, 0) is 48.9 Å². The van der Waals surface area contributed by atoms with Crippen LogP contribution in [0.3, 0.4) is 0 Å². The lowest BCUT2D eigenvalue weighted by Gasteiger charge is -2.23. The molecule has 0 spiro atoms. The zero-order valence-electron chi connectivity index (χ0n) is 18.1. The van der Waals surface area contributed by atoms with E-state index in [1.165, 1.54) is 12.0 Å². The maximum atomic E-state index is 13.1. The molecule has 33 heavy (non-hydrogen) atoms. The molecule has 1 aliphatic rings. The van der Waals surface area contributed by atoms with Crippen LogP contribution in [0.4, 0.5) is 5.82 Å². The van der Waals surface area contributed by atoms with Crippen LogP contribution in [-0.2, 0) is 9.59 Å². The van der Waals surface area contributed by atoms with Gasteiger partial charge in [-0.2, -0.15) is 0 Å². The molecule has 0 radical (unpaired) electrons. The second kappa shape index (κ2) is 9.04. The first-order valence-electron chi connectivity index (χ1n) is 10.2. The van der Waals surface area contributed by atoms with Crippen molar-refractivity contribution in [1.82, 2.24) is 5.16 Å². The van der Waals surface area contributed by atoms with Gasteiger partial charge in [0.2, 0.25) is 0 Å². The molecule has 3 aromatic rings. The Bertz CT molecular complexity index is 1240. The van der Waals surface area contributed by atoms with Gasteiger partial charge in [0.05, 0.1) is 18.7 Å². The molecule has 0 saturated carbocycles. The summed E-state index contributed by atoms with van der Waals surface area (Å²) in [5.41, 5.74) is 0.874. The molecule has 1 N–H and O–H groups in total. The van der Waals surface area contributed by atoms with Gasteiger partial charge >= 0.3 is 5.91 Å². The number of hydrogen-bond donors (Lipinski definition) is 1. The van der Waals surface area contributed by atoms with E-state index in [9.17, 15) is 14.7 Å². The molecule has 168 valence electrons. The smallest absolute Gasteiger partial charge is 0.301 e. The van der Waals surface area contributed by atoms with Gasteiger partial charge in [-0.25, -0.2) is 0 Å². The number of carbonyl (C=O) groups excluding carboxylic acids is 2. The molecule has 8 nitrogen and oxygen atoms in total. The lowest BCUT2D eigenvalue weighted by atomic mass is 9.95. The third kappa shape index (κ3) is 4.10. The van der Waals surface area contributed by atoms with Crippen molar-refractivity contribution in [2.75, 3.05) is 18.6 Å². The minimum Gasteiger partial charge on any atom is -0.507 e. The average molecular weight is 446 g/mol. The van der Waals surface area contributed by atoms with Crippen LogP contribution in [0.1, 0.15) is 22.9 Å².